The second kappa shape index (κ2) is 6.62. The van der Waals surface area contributed by atoms with Crippen LogP contribution in [-0.4, -0.2) is 42.7 Å². The number of nitrogens with one attached hydrogen (secondary N) is 2. The van der Waals surface area contributed by atoms with Crippen molar-refractivity contribution in [1.29, 1.82) is 0 Å². The minimum atomic E-state index is -0.612. The van der Waals surface area contributed by atoms with Crippen LogP contribution in [0.4, 0.5) is 0 Å². The molecule has 0 spiro atoms. The Kier molecular flexibility index (Phi) is 4.17. The summed E-state index contributed by atoms with van der Waals surface area (Å²) in [5.41, 5.74) is 3.88. The number of para-hydroxylation sites is 1. The van der Waals surface area contributed by atoms with Gasteiger partial charge in [0, 0.05) is 41.4 Å². The fourth-order valence-corrected chi connectivity index (χ4v) is 3.09. The van der Waals surface area contributed by atoms with Crippen molar-refractivity contribution >= 4 is 16.6 Å². The second-order valence-electron chi connectivity index (χ2n) is 6.33. The van der Waals surface area contributed by atoms with Crippen molar-refractivity contribution in [3.05, 3.63) is 59.9 Å². The molecule has 0 saturated carbocycles. The molecule has 2 atom stereocenters. The molecule has 0 aliphatic rings. The maximum atomic E-state index is 10.4. The summed E-state index contributed by atoms with van der Waals surface area (Å²) >= 11 is 0. The Labute approximate surface area is 144 Å². The third-order valence-electron chi connectivity index (χ3n) is 4.46. The number of H-pyrrole nitrogens is 1. The number of hydrogen-bond acceptors (Lipinski definition) is 5. The molecule has 3 aromatic heterocycles. The monoisotopic (exact) mass is 336 g/mol. The highest BCUT2D eigenvalue weighted by Gasteiger charge is 2.13. The topological polar surface area (TPSA) is 91.1 Å². The zero-order valence-corrected chi connectivity index (χ0v) is 13.9. The molecule has 0 fully saturated rings. The molecule has 0 aliphatic heterocycles. The van der Waals surface area contributed by atoms with Crippen LogP contribution >= 0.6 is 0 Å². The van der Waals surface area contributed by atoms with Gasteiger partial charge in [0.25, 0.3) is 0 Å². The molecule has 3 N–H and O–H groups in total. The van der Waals surface area contributed by atoms with E-state index >= 15 is 0 Å². The van der Waals surface area contributed by atoms with Crippen molar-refractivity contribution in [1.82, 2.24) is 30.3 Å². The Morgan fingerprint density at radius 2 is 2.12 bits per heavy atom. The van der Waals surface area contributed by atoms with Crippen LogP contribution < -0.4 is 5.32 Å². The van der Waals surface area contributed by atoms with Crippen LogP contribution in [0.5, 0.6) is 0 Å². The van der Waals surface area contributed by atoms with Crippen LogP contribution in [0.3, 0.4) is 0 Å². The maximum Gasteiger partial charge on any atom is 0.179 e. The third-order valence-corrected chi connectivity index (χ3v) is 4.46. The van der Waals surface area contributed by atoms with E-state index < -0.39 is 6.10 Å². The average molecular weight is 336 g/mol. The van der Waals surface area contributed by atoms with Crippen LogP contribution in [-0.2, 0) is 6.42 Å². The van der Waals surface area contributed by atoms with Gasteiger partial charge in [0.2, 0.25) is 0 Å². The Balaban J connectivity index is 1.38. The van der Waals surface area contributed by atoms with Crippen molar-refractivity contribution in [2.24, 2.45) is 0 Å². The van der Waals surface area contributed by atoms with Crippen molar-refractivity contribution < 1.29 is 5.11 Å². The fraction of sp³-hybridized carbons (Fsp3) is 0.278. The molecule has 128 valence electrons. The molecule has 3 heterocycles. The van der Waals surface area contributed by atoms with E-state index in [9.17, 15) is 5.11 Å². The van der Waals surface area contributed by atoms with Crippen LogP contribution in [0.25, 0.3) is 16.6 Å². The number of rotatable bonds is 6. The van der Waals surface area contributed by atoms with Gasteiger partial charge in [-0.3, -0.25) is 0 Å². The Morgan fingerprint density at radius 3 is 3.04 bits per heavy atom. The van der Waals surface area contributed by atoms with E-state index in [1.54, 1.807) is 16.8 Å². The molecule has 4 rings (SSSR count). The largest absolute Gasteiger partial charge is 0.387 e. The molecule has 7 nitrogen and oxygen atoms in total. The van der Waals surface area contributed by atoms with Crippen LogP contribution in [0.1, 0.15) is 24.2 Å². The summed E-state index contributed by atoms with van der Waals surface area (Å²) in [6.07, 6.45) is 4.10. The summed E-state index contributed by atoms with van der Waals surface area (Å²) in [6, 6.07) is 12.2. The van der Waals surface area contributed by atoms with Gasteiger partial charge in [0.1, 0.15) is 0 Å². The number of benzene rings is 1. The summed E-state index contributed by atoms with van der Waals surface area (Å²) in [5, 5.41) is 26.4. The van der Waals surface area contributed by atoms with Crippen molar-refractivity contribution in [3.8, 4) is 0 Å². The first-order chi connectivity index (χ1) is 12.2. The fourth-order valence-electron chi connectivity index (χ4n) is 3.09. The highest BCUT2D eigenvalue weighted by Crippen LogP contribution is 2.19. The van der Waals surface area contributed by atoms with Crippen LogP contribution in [0, 0.1) is 0 Å². The highest BCUT2D eigenvalue weighted by atomic mass is 16.3. The Morgan fingerprint density at radius 1 is 1.24 bits per heavy atom. The number of tetrazole rings is 1. The predicted molar refractivity (Wildman–Crippen MR) is 95.2 cm³/mol. The first-order valence-electron chi connectivity index (χ1n) is 8.35. The quantitative estimate of drug-likeness (QED) is 0.500. The second-order valence-corrected chi connectivity index (χ2v) is 6.33. The Bertz CT molecular complexity index is 991. The molecule has 0 radical (unpaired) electrons. The zero-order chi connectivity index (χ0) is 17.2. The normalized spacial score (nSPS) is 14.2. The van der Waals surface area contributed by atoms with Crippen LogP contribution in [0.15, 0.2) is 48.8 Å². The summed E-state index contributed by atoms with van der Waals surface area (Å²) in [5.74, 6) is 0. The van der Waals surface area contributed by atoms with Gasteiger partial charge in [-0.15, -0.1) is 5.10 Å². The van der Waals surface area contributed by atoms with E-state index in [-0.39, 0.29) is 6.04 Å². The third kappa shape index (κ3) is 3.24. The molecule has 4 aromatic rings. The molecule has 1 aromatic carbocycles. The highest BCUT2D eigenvalue weighted by molar-refractivity contribution is 5.83. The van der Waals surface area contributed by atoms with Gasteiger partial charge in [-0.25, -0.2) is 4.52 Å². The lowest BCUT2D eigenvalue weighted by atomic mass is 10.1. The molecule has 7 heteroatoms. The smallest absolute Gasteiger partial charge is 0.179 e. The predicted octanol–water partition coefficient (Wildman–Crippen LogP) is 1.86. The van der Waals surface area contributed by atoms with Crippen LogP contribution in [0.2, 0.25) is 0 Å². The minimum absolute atomic E-state index is 0.241. The molecule has 0 saturated heterocycles. The van der Waals surface area contributed by atoms with E-state index in [0.29, 0.717) is 12.2 Å². The van der Waals surface area contributed by atoms with E-state index in [2.05, 4.69) is 57.1 Å². The molecule has 25 heavy (non-hydrogen) atoms. The average Bonchev–Trinajstić information content (AvgIpc) is 3.26. The maximum absolute atomic E-state index is 10.4. The summed E-state index contributed by atoms with van der Waals surface area (Å²) < 4.78 is 1.56. The van der Waals surface area contributed by atoms with Crippen molar-refractivity contribution in [3.63, 3.8) is 0 Å². The van der Waals surface area contributed by atoms with Gasteiger partial charge < -0.3 is 15.4 Å². The van der Waals surface area contributed by atoms with E-state index in [0.717, 1.165) is 17.5 Å². The lowest BCUT2D eigenvalue weighted by Crippen LogP contribution is -2.32. The lowest BCUT2D eigenvalue weighted by Gasteiger charge is -2.17. The van der Waals surface area contributed by atoms with Gasteiger partial charge in [0.05, 0.1) is 6.10 Å². The van der Waals surface area contributed by atoms with E-state index in [1.807, 2.05) is 12.1 Å². The summed E-state index contributed by atoms with van der Waals surface area (Å²) in [7, 11) is 0. The number of aromatic nitrogens is 5. The van der Waals surface area contributed by atoms with Gasteiger partial charge in [-0.2, -0.15) is 0 Å². The minimum Gasteiger partial charge on any atom is -0.387 e. The number of aromatic amines is 1. The molecule has 0 unspecified atom stereocenters. The standard InChI is InChI=1S/C18H20N6O/c1-12(8-14-9-20-16-5-3-2-4-15(14)16)19-10-17(25)13-6-7-18-21-22-23-24(18)11-13/h2-7,9,11-12,17,19-20,25H,8,10H2,1H3/t12-,17+/m1/s1. The number of fused-ring (bicyclic) bond motifs is 2. The number of aliphatic hydroxyl groups excluding tert-OH is 1. The van der Waals surface area contributed by atoms with Gasteiger partial charge in [-0.05, 0) is 41.5 Å². The SMILES string of the molecule is C[C@H](Cc1c[nH]c2ccccc12)NC[C@H](O)c1ccc2nnnn2c1. The number of aliphatic hydroxyl groups is 1. The van der Waals surface area contributed by atoms with Gasteiger partial charge >= 0.3 is 0 Å². The Hall–Kier alpha value is -2.77. The summed E-state index contributed by atoms with van der Waals surface area (Å²) in [4.78, 5) is 3.30. The van der Waals surface area contributed by atoms with Crippen molar-refractivity contribution in [2.75, 3.05) is 6.54 Å². The molecular formula is C18H20N6O. The van der Waals surface area contributed by atoms with E-state index in [1.165, 1.54) is 10.9 Å². The molecular weight excluding hydrogens is 316 g/mol. The number of hydrogen-bond donors (Lipinski definition) is 3. The zero-order valence-electron chi connectivity index (χ0n) is 13.9. The first kappa shape index (κ1) is 15.7. The van der Waals surface area contributed by atoms with Crippen molar-refractivity contribution in [2.45, 2.75) is 25.5 Å². The summed E-state index contributed by atoms with van der Waals surface area (Å²) in [6.45, 7) is 2.59. The number of pyridine rings is 1. The number of nitrogens with zero attached hydrogens (tertiary/aromatic N) is 4. The molecule has 0 bridgehead atoms. The lowest BCUT2D eigenvalue weighted by molar-refractivity contribution is 0.170. The molecule has 0 amide bonds. The van der Waals surface area contributed by atoms with Gasteiger partial charge in [0.15, 0.2) is 5.65 Å². The van der Waals surface area contributed by atoms with E-state index in [4.69, 9.17) is 0 Å². The first-order valence-corrected chi connectivity index (χ1v) is 8.35. The molecule has 0 aliphatic carbocycles. The van der Waals surface area contributed by atoms with Gasteiger partial charge in [-0.1, -0.05) is 24.3 Å².